The molecule has 0 aliphatic rings. The van der Waals surface area contributed by atoms with Gasteiger partial charge < -0.3 is 10.1 Å². The normalized spacial score (nSPS) is 11.0. The van der Waals surface area contributed by atoms with E-state index in [1.54, 1.807) is 13.3 Å². The minimum atomic E-state index is 0.271. The second-order valence-electron chi connectivity index (χ2n) is 4.90. The molecule has 2 N–H and O–H groups in total. The molecule has 0 bridgehead atoms. The fourth-order valence-electron chi connectivity index (χ4n) is 2.04. The number of hydrogen-bond acceptors (Lipinski definition) is 3. The van der Waals surface area contributed by atoms with Gasteiger partial charge in [0.2, 0.25) is 0 Å². The third kappa shape index (κ3) is 3.92. The van der Waals surface area contributed by atoms with Gasteiger partial charge >= 0.3 is 0 Å². The van der Waals surface area contributed by atoms with Crippen molar-refractivity contribution < 1.29 is 4.74 Å². The smallest absolute Gasteiger partial charge is 0.187 e. The fourth-order valence-corrected chi connectivity index (χ4v) is 2.33. The van der Waals surface area contributed by atoms with Crippen LogP contribution in [0.2, 0.25) is 0 Å². The molecule has 0 atom stereocenters. The van der Waals surface area contributed by atoms with E-state index >= 15 is 0 Å². The van der Waals surface area contributed by atoms with Crippen LogP contribution in [-0.4, -0.2) is 24.5 Å². The van der Waals surface area contributed by atoms with Crippen LogP contribution in [0.1, 0.15) is 19.4 Å². The van der Waals surface area contributed by atoms with Crippen molar-refractivity contribution in [2.24, 2.45) is 5.10 Å². The lowest BCUT2D eigenvalue weighted by atomic mass is 10.0. The molecular weight excluding hydrogens is 282 g/mol. The van der Waals surface area contributed by atoms with E-state index in [0.29, 0.717) is 5.11 Å². The Morgan fingerprint density at radius 3 is 2.71 bits per heavy atom. The molecule has 0 heterocycles. The highest BCUT2D eigenvalue weighted by Gasteiger charge is 2.05. The molecule has 0 radical (unpaired) electrons. The van der Waals surface area contributed by atoms with Crippen molar-refractivity contribution in [3.05, 3.63) is 42.0 Å². The van der Waals surface area contributed by atoms with Crippen LogP contribution in [0, 0.1) is 0 Å². The van der Waals surface area contributed by atoms with Crippen molar-refractivity contribution in [3.8, 4) is 5.75 Å². The summed E-state index contributed by atoms with van der Waals surface area (Å²) in [4.78, 5) is 0. The number of methoxy groups -OCH3 is 1. The van der Waals surface area contributed by atoms with Crippen LogP contribution in [0.5, 0.6) is 5.75 Å². The quantitative estimate of drug-likeness (QED) is 0.517. The van der Waals surface area contributed by atoms with Crippen LogP contribution in [-0.2, 0) is 0 Å². The van der Waals surface area contributed by atoms with E-state index in [-0.39, 0.29) is 6.04 Å². The molecule has 0 spiro atoms. The number of benzene rings is 2. The SMILES string of the molecule is COc1ccc2ccccc2c1/C=N\NC(=S)NC(C)C. The first-order valence-corrected chi connectivity index (χ1v) is 7.18. The molecule has 0 saturated heterocycles. The molecule has 2 aromatic carbocycles. The molecule has 0 unspecified atom stereocenters. The standard InChI is InChI=1S/C16H19N3OS/c1-11(2)18-16(21)19-17-10-14-13-7-5-4-6-12(13)8-9-15(14)20-3/h4-11H,1-3H3,(H2,18,19,21)/b17-10-. The Morgan fingerprint density at radius 1 is 1.24 bits per heavy atom. The summed E-state index contributed by atoms with van der Waals surface area (Å²) < 4.78 is 5.41. The number of hydrogen-bond donors (Lipinski definition) is 2. The van der Waals surface area contributed by atoms with Crippen LogP contribution in [0.3, 0.4) is 0 Å². The summed E-state index contributed by atoms with van der Waals surface area (Å²) in [6, 6.07) is 12.4. The Hall–Kier alpha value is -2.14. The van der Waals surface area contributed by atoms with Gasteiger partial charge in [-0.15, -0.1) is 0 Å². The number of rotatable bonds is 4. The Bertz CT molecular complexity index is 668. The average molecular weight is 301 g/mol. The van der Waals surface area contributed by atoms with E-state index in [1.807, 2.05) is 44.2 Å². The van der Waals surface area contributed by atoms with E-state index in [9.17, 15) is 0 Å². The fraction of sp³-hybridized carbons (Fsp3) is 0.250. The minimum Gasteiger partial charge on any atom is -0.496 e. The highest BCUT2D eigenvalue weighted by atomic mass is 32.1. The zero-order chi connectivity index (χ0) is 15.2. The van der Waals surface area contributed by atoms with Gasteiger partial charge in [0.15, 0.2) is 5.11 Å². The topological polar surface area (TPSA) is 45.6 Å². The Kier molecular flexibility index (Phi) is 5.11. The van der Waals surface area contributed by atoms with Crippen molar-refractivity contribution >= 4 is 34.3 Å². The summed E-state index contributed by atoms with van der Waals surface area (Å²) in [5, 5.41) is 9.99. The Morgan fingerprint density at radius 2 is 2.00 bits per heavy atom. The summed E-state index contributed by atoms with van der Waals surface area (Å²) >= 11 is 5.14. The van der Waals surface area contributed by atoms with E-state index in [1.165, 1.54) is 0 Å². The van der Waals surface area contributed by atoms with Crippen LogP contribution in [0.15, 0.2) is 41.5 Å². The van der Waals surface area contributed by atoms with Gasteiger partial charge in [0.25, 0.3) is 0 Å². The van der Waals surface area contributed by atoms with Gasteiger partial charge in [0, 0.05) is 11.6 Å². The largest absolute Gasteiger partial charge is 0.496 e. The first kappa shape index (κ1) is 15.3. The molecule has 0 fully saturated rings. The second kappa shape index (κ2) is 7.04. The number of nitrogens with one attached hydrogen (secondary N) is 2. The number of ether oxygens (including phenoxy) is 1. The molecule has 2 rings (SSSR count). The average Bonchev–Trinajstić information content (AvgIpc) is 2.46. The Labute approximate surface area is 130 Å². The predicted molar refractivity (Wildman–Crippen MR) is 92.1 cm³/mol. The maximum atomic E-state index is 5.41. The first-order chi connectivity index (χ1) is 10.1. The molecule has 0 aliphatic heterocycles. The van der Waals surface area contributed by atoms with Crippen LogP contribution in [0.25, 0.3) is 10.8 Å². The summed E-state index contributed by atoms with van der Waals surface area (Å²) in [6.07, 6.45) is 1.73. The molecule has 4 nitrogen and oxygen atoms in total. The molecule has 0 aromatic heterocycles. The lowest BCUT2D eigenvalue weighted by Crippen LogP contribution is -2.36. The van der Waals surface area contributed by atoms with Gasteiger partial charge in [-0.1, -0.05) is 30.3 Å². The Balaban J connectivity index is 2.26. The van der Waals surface area contributed by atoms with E-state index < -0.39 is 0 Å². The van der Waals surface area contributed by atoms with Gasteiger partial charge in [-0.2, -0.15) is 5.10 Å². The highest BCUT2D eigenvalue weighted by Crippen LogP contribution is 2.26. The molecule has 2 aromatic rings. The summed E-state index contributed by atoms with van der Waals surface area (Å²) in [5.41, 5.74) is 3.74. The summed E-state index contributed by atoms with van der Waals surface area (Å²) in [6.45, 7) is 4.04. The van der Waals surface area contributed by atoms with E-state index in [4.69, 9.17) is 17.0 Å². The van der Waals surface area contributed by atoms with Crippen molar-refractivity contribution in [2.45, 2.75) is 19.9 Å². The van der Waals surface area contributed by atoms with E-state index in [0.717, 1.165) is 22.1 Å². The molecule has 0 amide bonds. The van der Waals surface area contributed by atoms with Gasteiger partial charge in [0.1, 0.15) is 5.75 Å². The number of fused-ring (bicyclic) bond motifs is 1. The van der Waals surface area contributed by atoms with Crippen LogP contribution >= 0.6 is 12.2 Å². The zero-order valence-corrected chi connectivity index (χ0v) is 13.2. The van der Waals surface area contributed by atoms with Crippen LogP contribution in [0.4, 0.5) is 0 Å². The zero-order valence-electron chi connectivity index (χ0n) is 12.4. The highest BCUT2D eigenvalue weighted by molar-refractivity contribution is 7.80. The van der Waals surface area contributed by atoms with Crippen LogP contribution < -0.4 is 15.5 Å². The summed E-state index contributed by atoms with van der Waals surface area (Å²) in [7, 11) is 1.65. The summed E-state index contributed by atoms with van der Waals surface area (Å²) in [5.74, 6) is 0.780. The number of thiocarbonyl (C=S) groups is 1. The second-order valence-corrected chi connectivity index (χ2v) is 5.31. The first-order valence-electron chi connectivity index (χ1n) is 6.77. The van der Waals surface area contributed by atoms with Gasteiger partial charge in [-0.25, -0.2) is 0 Å². The van der Waals surface area contributed by atoms with E-state index in [2.05, 4.69) is 21.9 Å². The minimum absolute atomic E-state index is 0.271. The monoisotopic (exact) mass is 301 g/mol. The van der Waals surface area contributed by atoms with Crippen molar-refractivity contribution in [3.63, 3.8) is 0 Å². The maximum absolute atomic E-state index is 5.41. The molecule has 5 heteroatoms. The molecule has 21 heavy (non-hydrogen) atoms. The number of hydrazone groups is 1. The lowest BCUT2D eigenvalue weighted by molar-refractivity contribution is 0.415. The van der Waals surface area contributed by atoms with Crippen molar-refractivity contribution in [1.29, 1.82) is 0 Å². The van der Waals surface area contributed by atoms with Crippen molar-refractivity contribution in [1.82, 2.24) is 10.7 Å². The van der Waals surface area contributed by atoms with Gasteiger partial charge in [-0.05, 0) is 42.9 Å². The molecule has 110 valence electrons. The van der Waals surface area contributed by atoms with Gasteiger partial charge in [-0.3, -0.25) is 5.43 Å². The number of nitrogens with zero attached hydrogens (tertiary/aromatic N) is 1. The molecule has 0 aliphatic carbocycles. The molecular formula is C16H19N3OS. The maximum Gasteiger partial charge on any atom is 0.187 e. The third-order valence-electron chi connectivity index (χ3n) is 2.93. The molecule has 0 saturated carbocycles. The van der Waals surface area contributed by atoms with Crippen molar-refractivity contribution in [2.75, 3.05) is 7.11 Å². The predicted octanol–water partition coefficient (Wildman–Crippen LogP) is 3.05. The lowest BCUT2D eigenvalue weighted by Gasteiger charge is -2.10. The van der Waals surface area contributed by atoms with Gasteiger partial charge in [0.05, 0.1) is 13.3 Å². The third-order valence-corrected chi connectivity index (χ3v) is 3.14.